The summed E-state index contributed by atoms with van der Waals surface area (Å²) < 4.78 is 10.6. The minimum Gasteiger partial charge on any atom is -0.474 e. The summed E-state index contributed by atoms with van der Waals surface area (Å²) in [6.07, 6.45) is 3.22. The lowest BCUT2D eigenvalue weighted by atomic mass is 10.0. The van der Waals surface area contributed by atoms with Crippen LogP contribution in [0.4, 0.5) is 0 Å². The Labute approximate surface area is 80.7 Å². The summed E-state index contributed by atoms with van der Waals surface area (Å²) in [7, 11) is 0. The third kappa shape index (κ3) is 1.39. The zero-order valence-electron chi connectivity index (χ0n) is 7.82. The molecule has 1 N–H and O–H groups in total. The van der Waals surface area contributed by atoms with Gasteiger partial charge < -0.3 is 14.3 Å². The molecule has 0 bridgehead atoms. The van der Waals surface area contributed by atoms with Crippen molar-refractivity contribution >= 4 is 5.97 Å². The molecule has 5 nitrogen and oxygen atoms in total. The molecule has 0 saturated carbocycles. The lowest BCUT2D eigenvalue weighted by Gasteiger charge is -2.18. The second-order valence-corrected chi connectivity index (χ2v) is 3.52. The maximum Gasteiger partial charge on any atom is 0.392 e. The number of ether oxygens (including phenoxy) is 1. The van der Waals surface area contributed by atoms with Crippen molar-refractivity contribution in [2.75, 3.05) is 6.61 Å². The lowest BCUT2D eigenvalue weighted by molar-refractivity contribution is -0.00194. The number of rotatable bonds is 2. The van der Waals surface area contributed by atoms with Crippen LogP contribution >= 0.6 is 0 Å². The molecule has 2 heterocycles. The number of hydrogen-bond acceptors (Lipinski definition) is 4. The van der Waals surface area contributed by atoms with E-state index >= 15 is 0 Å². The van der Waals surface area contributed by atoms with E-state index in [9.17, 15) is 4.79 Å². The second kappa shape index (κ2) is 3.09. The minimum absolute atomic E-state index is 0.281. The van der Waals surface area contributed by atoms with E-state index in [1.165, 1.54) is 6.20 Å². The molecule has 2 rings (SSSR count). The molecule has 76 valence electrons. The van der Waals surface area contributed by atoms with Gasteiger partial charge in [-0.25, -0.2) is 9.78 Å². The van der Waals surface area contributed by atoms with Crippen molar-refractivity contribution in [3.8, 4) is 0 Å². The van der Waals surface area contributed by atoms with Gasteiger partial charge in [0.1, 0.15) is 5.60 Å². The molecule has 1 aromatic rings. The van der Waals surface area contributed by atoms with Crippen molar-refractivity contribution in [3.05, 3.63) is 17.8 Å². The van der Waals surface area contributed by atoms with E-state index in [-0.39, 0.29) is 5.89 Å². The average molecular weight is 197 g/mol. The fraction of sp³-hybridized carbons (Fsp3) is 0.556. The smallest absolute Gasteiger partial charge is 0.392 e. The first-order valence-corrected chi connectivity index (χ1v) is 4.45. The minimum atomic E-state index is -1.15. The van der Waals surface area contributed by atoms with Gasteiger partial charge in [-0.1, -0.05) is 0 Å². The van der Waals surface area contributed by atoms with Gasteiger partial charge in [-0.3, -0.25) is 0 Å². The van der Waals surface area contributed by atoms with Crippen LogP contribution in [0.15, 0.2) is 10.6 Å². The first-order chi connectivity index (χ1) is 6.62. The quantitative estimate of drug-likeness (QED) is 0.775. The van der Waals surface area contributed by atoms with Gasteiger partial charge in [0.05, 0.1) is 6.20 Å². The third-order valence-corrected chi connectivity index (χ3v) is 2.43. The number of nitrogens with zero attached hydrogens (tertiary/aromatic N) is 1. The van der Waals surface area contributed by atoms with Crippen LogP contribution in [-0.4, -0.2) is 22.7 Å². The second-order valence-electron chi connectivity index (χ2n) is 3.52. The number of carbonyl (C=O) groups is 1. The Bertz CT molecular complexity index is 351. The number of oxazole rings is 1. The normalized spacial score (nSPS) is 26.6. The molecule has 1 aliphatic rings. The first-order valence-electron chi connectivity index (χ1n) is 4.45. The molecule has 0 amide bonds. The number of aromatic carboxylic acids is 1. The highest BCUT2D eigenvalue weighted by atomic mass is 16.5. The molecule has 0 spiro atoms. The molecule has 1 fully saturated rings. The van der Waals surface area contributed by atoms with Crippen LogP contribution in [0.3, 0.4) is 0 Å². The number of carboxylic acids is 1. The predicted molar refractivity (Wildman–Crippen MR) is 46.0 cm³/mol. The van der Waals surface area contributed by atoms with Gasteiger partial charge in [0, 0.05) is 6.61 Å². The maximum atomic E-state index is 10.5. The van der Waals surface area contributed by atoms with Crippen LogP contribution in [0, 0.1) is 0 Å². The van der Waals surface area contributed by atoms with Gasteiger partial charge >= 0.3 is 11.9 Å². The van der Waals surface area contributed by atoms with E-state index in [2.05, 4.69) is 4.98 Å². The molecule has 0 aromatic carbocycles. The van der Waals surface area contributed by atoms with Gasteiger partial charge in [0.2, 0.25) is 0 Å². The maximum absolute atomic E-state index is 10.5. The number of aromatic nitrogens is 1. The van der Waals surface area contributed by atoms with Crippen LogP contribution in [0.25, 0.3) is 0 Å². The van der Waals surface area contributed by atoms with E-state index in [1.54, 1.807) is 0 Å². The number of hydrogen-bond donors (Lipinski definition) is 1. The SMILES string of the molecule is CC1(c2cnc(C(=O)O)o2)CCCO1. The van der Waals surface area contributed by atoms with Crippen LogP contribution in [0.2, 0.25) is 0 Å². The zero-order chi connectivity index (χ0) is 10.2. The summed E-state index contributed by atoms with van der Waals surface area (Å²) >= 11 is 0. The zero-order valence-corrected chi connectivity index (χ0v) is 7.82. The Morgan fingerprint density at radius 1 is 1.71 bits per heavy atom. The van der Waals surface area contributed by atoms with Crippen molar-refractivity contribution in [2.24, 2.45) is 0 Å². The summed E-state index contributed by atoms with van der Waals surface area (Å²) in [5.41, 5.74) is -0.499. The molecular formula is C9H11NO4. The fourth-order valence-electron chi connectivity index (χ4n) is 1.59. The molecule has 0 radical (unpaired) electrons. The van der Waals surface area contributed by atoms with Crippen molar-refractivity contribution in [2.45, 2.75) is 25.4 Å². The van der Waals surface area contributed by atoms with E-state index in [0.29, 0.717) is 12.4 Å². The average Bonchev–Trinajstić information content (AvgIpc) is 2.71. The molecule has 1 aliphatic heterocycles. The Morgan fingerprint density at radius 2 is 2.50 bits per heavy atom. The molecule has 1 saturated heterocycles. The van der Waals surface area contributed by atoms with Crippen molar-refractivity contribution in [1.82, 2.24) is 4.98 Å². The monoisotopic (exact) mass is 197 g/mol. The number of carboxylic acid groups (broad SMARTS) is 1. The largest absolute Gasteiger partial charge is 0.474 e. The van der Waals surface area contributed by atoms with Crippen molar-refractivity contribution < 1.29 is 19.1 Å². The standard InChI is InChI=1S/C9H11NO4/c1-9(3-2-4-13-9)6-5-10-7(14-6)8(11)12/h5H,2-4H2,1H3,(H,11,12). The Kier molecular flexibility index (Phi) is 2.03. The van der Waals surface area contributed by atoms with Crippen LogP contribution in [-0.2, 0) is 10.3 Å². The summed E-state index contributed by atoms with van der Waals surface area (Å²) in [6.45, 7) is 2.56. The van der Waals surface area contributed by atoms with Crippen molar-refractivity contribution in [1.29, 1.82) is 0 Å². The summed E-state index contributed by atoms with van der Waals surface area (Å²) in [5.74, 6) is -0.943. The van der Waals surface area contributed by atoms with E-state index in [0.717, 1.165) is 12.8 Å². The third-order valence-electron chi connectivity index (χ3n) is 2.43. The summed E-state index contributed by atoms with van der Waals surface area (Å²) in [6, 6.07) is 0. The predicted octanol–water partition coefficient (Wildman–Crippen LogP) is 1.40. The lowest BCUT2D eigenvalue weighted by Crippen LogP contribution is -2.18. The molecular weight excluding hydrogens is 186 g/mol. The first kappa shape index (κ1) is 9.21. The molecule has 5 heteroatoms. The Balaban J connectivity index is 2.28. The Morgan fingerprint density at radius 3 is 3.00 bits per heavy atom. The molecule has 1 aromatic heterocycles. The van der Waals surface area contributed by atoms with E-state index in [4.69, 9.17) is 14.3 Å². The van der Waals surface area contributed by atoms with Crippen LogP contribution in [0.1, 0.15) is 36.2 Å². The fourth-order valence-corrected chi connectivity index (χ4v) is 1.59. The van der Waals surface area contributed by atoms with Crippen LogP contribution < -0.4 is 0 Å². The molecule has 14 heavy (non-hydrogen) atoms. The highest BCUT2D eigenvalue weighted by Crippen LogP contribution is 2.35. The molecule has 0 aliphatic carbocycles. The van der Waals surface area contributed by atoms with Gasteiger partial charge in [0.15, 0.2) is 5.76 Å². The van der Waals surface area contributed by atoms with Gasteiger partial charge in [-0.15, -0.1) is 0 Å². The summed E-state index contributed by atoms with van der Waals surface area (Å²) in [5, 5.41) is 8.63. The Hall–Kier alpha value is -1.36. The van der Waals surface area contributed by atoms with Crippen LogP contribution in [0.5, 0.6) is 0 Å². The highest BCUT2D eigenvalue weighted by Gasteiger charge is 2.36. The molecule has 1 unspecified atom stereocenters. The topological polar surface area (TPSA) is 72.6 Å². The van der Waals surface area contributed by atoms with Crippen molar-refractivity contribution in [3.63, 3.8) is 0 Å². The van der Waals surface area contributed by atoms with Gasteiger partial charge in [-0.05, 0) is 19.8 Å². The van der Waals surface area contributed by atoms with E-state index in [1.807, 2.05) is 6.92 Å². The highest BCUT2D eigenvalue weighted by molar-refractivity contribution is 5.82. The summed E-state index contributed by atoms with van der Waals surface area (Å²) in [4.78, 5) is 14.2. The van der Waals surface area contributed by atoms with E-state index < -0.39 is 11.6 Å². The van der Waals surface area contributed by atoms with Gasteiger partial charge in [-0.2, -0.15) is 0 Å². The molecule has 1 atom stereocenters. The van der Waals surface area contributed by atoms with Gasteiger partial charge in [0.25, 0.3) is 0 Å².